The average Bonchev–Trinajstić information content (AvgIpc) is 3.10. The molecule has 3 heterocycles. The summed E-state index contributed by atoms with van der Waals surface area (Å²) in [5.41, 5.74) is 1.76. The van der Waals surface area contributed by atoms with Gasteiger partial charge in [0, 0.05) is 44.8 Å². The number of hydrogen-bond donors (Lipinski definition) is 1. The highest BCUT2D eigenvalue weighted by Crippen LogP contribution is 2.32. The lowest BCUT2D eigenvalue weighted by Crippen LogP contribution is -2.49. The molecule has 0 spiro atoms. The maximum Gasteiger partial charge on any atom is 0.317 e. The van der Waals surface area contributed by atoms with Gasteiger partial charge in [0.05, 0.1) is 29.9 Å². The lowest BCUT2D eigenvalue weighted by molar-refractivity contribution is -0.138. The Balaban J connectivity index is 1.39. The van der Waals surface area contributed by atoms with Gasteiger partial charge in [-0.1, -0.05) is 30.0 Å². The molecule has 2 aliphatic heterocycles. The lowest BCUT2D eigenvalue weighted by Gasteiger charge is -2.34. The highest BCUT2D eigenvalue weighted by molar-refractivity contribution is 8.26. The number of thioether (sulfide) groups is 1. The van der Waals surface area contributed by atoms with Gasteiger partial charge in [-0.05, 0) is 36.4 Å². The summed E-state index contributed by atoms with van der Waals surface area (Å²) in [7, 11) is 1.41. The van der Waals surface area contributed by atoms with E-state index in [0.29, 0.717) is 52.4 Å². The van der Waals surface area contributed by atoms with E-state index in [9.17, 15) is 14.0 Å². The van der Waals surface area contributed by atoms with Crippen LogP contribution in [0.1, 0.15) is 5.69 Å². The highest BCUT2D eigenvalue weighted by atomic mass is 32.2. The highest BCUT2D eigenvalue weighted by Gasteiger charge is 2.32. The fourth-order valence-corrected chi connectivity index (χ4v) is 5.24. The Morgan fingerprint density at radius 3 is 2.63 bits per heavy atom. The van der Waals surface area contributed by atoms with Gasteiger partial charge in [0.2, 0.25) is 0 Å². The summed E-state index contributed by atoms with van der Waals surface area (Å²) in [6.07, 6.45) is 1.70. The molecule has 35 heavy (non-hydrogen) atoms. The van der Waals surface area contributed by atoms with Crippen molar-refractivity contribution >= 4 is 46.3 Å². The van der Waals surface area contributed by atoms with E-state index in [1.165, 1.54) is 24.9 Å². The second kappa shape index (κ2) is 11.3. The number of halogens is 1. The molecule has 0 unspecified atom stereocenters. The first-order valence-electron chi connectivity index (χ1n) is 11.1. The third kappa shape index (κ3) is 6.23. The summed E-state index contributed by atoms with van der Waals surface area (Å²) in [6, 6.07) is 10.0. The normalized spacial score (nSPS) is 18.5. The van der Waals surface area contributed by atoms with Crippen LogP contribution < -0.4 is 4.74 Å². The molecule has 184 valence electrons. The van der Waals surface area contributed by atoms with Crippen LogP contribution in [0.2, 0.25) is 0 Å². The van der Waals surface area contributed by atoms with E-state index in [1.54, 1.807) is 41.3 Å². The topological polar surface area (TPSA) is 86.2 Å². The number of thiocarbonyl (C=S) groups is 1. The van der Waals surface area contributed by atoms with Crippen molar-refractivity contribution in [3.05, 3.63) is 52.8 Å². The number of methoxy groups -OCH3 is 1. The van der Waals surface area contributed by atoms with Crippen LogP contribution in [0.4, 0.5) is 4.39 Å². The Morgan fingerprint density at radius 1 is 1.20 bits per heavy atom. The van der Waals surface area contributed by atoms with Crippen LogP contribution >= 0.6 is 24.0 Å². The summed E-state index contributed by atoms with van der Waals surface area (Å²) in [4.78, 5) is 34.6. The summed E-state index contributed by atoms with van der Waals surface area (Å²) >= 11 is 6.69. The molecular weight excluding hydrogens is 491 g/mol. The smallest absolute Gasteiger partial charge is 0.317 e. The molecule has 1 aromatic carbocycles. The van der Waals surface area contributed by atoms with Gasteiger partial charge in [-0.25, -0.2) is 9.37 Å². The second-order valence-corrected chi connectivity index (χ2v) is 9.82. The molecule has 0 radical (unpaired) electrons. The number of pyridine rings is 1. The zero-order chi connectivity index (χ0) is 24.9. The van der Waals surface area contributed by atoms with E-state index in [2.05, 4.69) is 9.88 Å². The number of hydrogen-bond acceptors (Lipinski definition) is 8. The van der Waals surface area contributed by atoms with Crippen molar-refractivity contribution in [3.63, 3.8) is 0 Å². The van der Waals surface area contributed by atoms with Crippen molar-refractivity contribution in [2.45, 2.75) is 0 Å². The SMILES string of the molecule is COc1ccc(-c2cccc(C=C3SC(=S)N(CCN4CCN(CC(=O)O)CC4)C3=O)n2)cc1F. The number of nitrogens with zero attached hydrogens (tertiary/aromatic N) is 4. The van der Waals surface area contributed by atoms with E-state index < -0.39 is 11.8 Å². The summed E-state index contributed by atoms with van der Waals surface area (Å²) < 4.78 is 19.6. The predicted molar refractivity (Wildman–Crippen MR) is 137 cm³/mol. The zero-order valence-electron chi connectivity index (χ0n) is 19.1. The third-order valence-corrected chi connectivity index (χ3v) is 7.21. The molecule has 8 nitrogen and oxygen atoms in total. The van der Waals surface area contributed by atoms with Gasteiger partial charge < -0.3 is 9.84 Å². The quantitative estimate of drug-likeness (QED) is 0.420. The molecule has 0 aliphatic carbocycles. The number of aromatic nitrogens is 1. The molecule has 1 aromatic heterocycles. The fourth-order valence-electron chi connectivity index (χ4n) is 3.95. The van der Waals surface area contributed by atoms with E-state index in [1.807, 2.05) is 4.90 Å². The fraction of sp³-hybridized carbons (Fsp3) is 0.333. The molecule has 0 bridgehead atoms. The minimum atomic E-state index is -0.820. The van der Waals surface area contributed by atoms with Crippen LogP contribution in [-0.2, 0) is 9.59 Å². The number of piperazine rings is 1. The Kier molecular flexibility index (Phi) is 8.11. The molecule has 11 heteroatoms. The Bertz CT molecular complexity index is 1170. The van der Waals surface area contributed by atoms with Crippen LogP contribution in [0.3, 0.4) is 0 Å². The Labute approximate surface area is 212 Å². The lowest BCUT2D eigenvalue weighted by atomic mass is 10.1. The van der Waals surface area contributed by atoms with Crippen molar-refractivity contribution in [3.8, 4) is 17.0 Å². The van der Waals surface area contributed by atoms with Gasteiger partial charge in [0.1, 0.15) is 4.32 Å². The van der Waals surface area contributed by atoms with Crippen molar-refractivity contribution in [1.82, 2.24) is 19.7 Å². The molecule has 4 rings (SSSR count). The predicted octanol–water partition coefficient (Wildman–Crippen LogP) is 2.80. The molecule has 2 saturated heterocycles. The van der Waals surface area contributed by atoms with Crippen LogP contribution in [0.25, 0.3) is 17.3 Å². The molecular formula is C24H25FN4O4S2. The number of carboxylic acids is 1. The number of benzene rings is 1. The Morgan fingerprint density at radius 2 is 1.94 bits per heavy atom. The van der Waals surface area contributed by atoms with Crippen LogP contribution in [0, 0.1) is 5.82 Å². The van der Waals surface area contributed by atoms with Crippen molar-refractivity contribution in [2.75, 3.05) is 52.9 Å². The van der Waals surface area contributed by atoms with Gasteiger partial charge in [-0.15, -0.1) is 0 Å². The summed E-state index contributed by atoms with van der Waals surface area (Å²) in [5, 5.41) is 8.93. The summed E-state index contributed by atoms with van der Waals surface area (Å²) in [5.74, 6) is -1.29. The molecule has 1 amide bonds. The maximum atomic E-state index is 14.1. The molecule has 0 saturated carbocycles. The minimum absolute atomic E-state index is 0.0516. The van der Waals surface area contributed by atoms with Crippen molar-refractivity contribution in [2.24, 2.45) is 0 Å². The van der Waals surface area contributed by atoms with Gasteiger partial charge >= 0.3 is 5.97 Å². The minimum Gasteiger partial charge on any atom is -0.494 e. The van der Waals surface area contributed by atoms with Crippen LogP contribution in [-0.4, -0.2) is 93.9 Å². The number of carboxylic acid groups (broad SMARTS) is 1. The molecule has 2 fully saturated rings. The first kappa shape index (κ1) is 25.2. The standard InChI is InChI=1S/C24H25FN4O4S2/c1-33-20-6-5-16(13-18(20)25)19-4-2-3-17(26-19)14-21-23(32)29(24(34)35-21)12-11-27-7-9-28(10-8-27)15-22(30)31/h2-6,13-14H,7-12,15H2,1H3,(H,30,31). The molecule has 1 N–H and O–H groups in total. The Hall–Kier alpha value is -2.86. The van der Waals surface area contributed by atoms with Gasteiger partial charge in [0.25, 0.3) is 5.91 Å². The second-order valence-electron chi connectivity index (χ2n) is 8.14. The van der Waals surface area contributed by atoms with E-state index >= 15 is 0 Å². The van der Waals surface area contributed by atoms with Crippen LogP contribution in [0.15, 0.2) is 41.3 Å². The summed E-state index contributed by atoms with van der Waals surface area (Å²) in [6.45, 7) is 4.06. The number of ether oxygens (including phenoxy) is 1. The molecule has 0 atom stereocenters. The third-order valence-electron chi connectivity index (χ3n) is 5.83. The molecule has 2 aromatic rings. The first-order chi connectivity index (χ1) is 16.8. The van der Waals surface area contributed by atoms with Gasteiger partial charge in [0.15, 0.2) is 11.6 Å². The maximum absolute atomic E-state index is 14.1. The van der Waals surface area contributed by atoms with E-state index in [-0.39, 0.29) is 18.2 Å². The number of carbonyl (C=O) groups excluding carboxylic acids is 1. The monoisotopic (exact) mass is 516 g/mol. The molecule has 2 aliphatic rings. The van der Waals surface area contributed by atoms with Gasteiger partial charge in [-0.3, -0.25) is 24.3 Å². The number of amides is 1. The van der Waals surface area contributed by atoms with Gasteiger partial charge in [-0.2, -0.15) is 0 Å². The number of aliphatic carboxylic acids is 1. The van der Waals surface area contributed by atoms with E-state index in [4.69, 9.17) is 22.1 Å². The number of rotatable bonds is 8. The largest absolute Gasteiger partial charge is 0.494 e. The van der Waals surface area contributed by atoms with Crippen molar-refractivity contribution in [1.29, 1.82) is 0 Å². The first-order valence-corrected chi connectivity index (χ1v) is 12.3. The van der Waals surface area contributed by atoms with E-state index in [0.717, 1.165) is 13.1 Å². The average molecular weight is 517 g/mol. The van der Waals surface area contributed by atoms with Crippen LogP contribution in [0.5, 0.6) is 5.75 Å². The number of carbonyl (C=O) groups is 2. The zero-order valence-corrected chi connectivity index (χ0v) is 20.8. The van der Waals surface area contributed by atoms with Crippen molar-refractivity contribution < 1.29 is 23.8 Å².